The zero-order valence-corrected chi connectivity index (χ0v) is 13.6. The van der Waals surface area contributed by atoms with Crippen LogP contribution in [0, 0.1) is 0 Å². The number of nitrogens with two attached hydrogens (primary N) is 1. The molecule has 0 bridgehead atoms. The molecule has 0 atom stereocenters. The van der Waals surface area contributed by atoms with E-state index in [0.29, 0.717) is 11.4 Å². The zero-order chi connectivity index (χ0) is 15.6. The Bertz CT molecular complexity index is 682. The van der Waals surface area contributed by atoms with Gasteiger partial charge in [-0.15, -0.1) is 0 Å². The summed E-state index contributed by atoms with van der Waals surface area (Å²) in [5.41, 5.74) is 7.82. The van der Waals surface area contributed by atoms with E-state index in [9.17, 15) is 4.79 Å². The van der Waals surface area contributed by atoms with Crippen molar-refractivity contribution in [3.63, 3.8) is 0 Å². The van der Waals surface area contributed by atoms with Crippen LogP contribution < -0.4 is 10.5 Å². The molecule has 112 valence electrons. The van der Waals surface area contributed by atoms with Crippen molar-refractivity contribution in [3.8, 4) is 17.0 Å². The number of anilines is 1. The summed E-state index contributed by atoms with van der Waals surface area (Å²) >= 11 is 3.41. The Morgan fingerprint density at radius 1 is 1.48 bits per heavy atom. The number of methoxy groups -OCH3 is 1. The molecule has 0 aliphatic carbocycles. The van der Waals surface area contributed by atoms with E-state index in [4.69, 9.17) is 15.2 Å². The predicted molar refractivity (Wildman–Crippen MR) is 83.3 cm³/mol. The van der Waals surface area contributed by atoms with Crippen molar-refractivity contribution in [3.05, 3.63) is 28.4 Å². The van der Waals surface area contributed by atoms with E-state index in [1.54, 1.807) is 25.8 Å². The summed E-state index contributed by atoms with van der Waals surface area (Å²) in [6, 6.07) is 5.54. The van der Waals surface area contributed by atoms with E-state index in [1.165, 1.54) is 0 Å². The minimum atomic E-state index is -0.536. The number of nitrogens with zero attached hydrogens (tertiary/aromatic N) is 2. The molecule has 2 N–H and O–H groups in total. The van der Waals surface area contributed by atoms with Gasteiger partial charge in [-0.05, 0) is 25.1 Å². The first-order valence-electron chi connectivity index (χ1n) is 6.33. The maximum Gasteiger partial charge on any atom is 0.361 e. The van der Waals surface area contributed by atoms with Gasteiger partial charge in [-0.1, -0.05) is 15.9 Å². The van der Waals surface area contributed by atoms with Gasteiger partial charge < -0.3 is 15.2 Å². The molecule has 0 fully saturated rings. The van der Waals surface area contributed by atoms with Crippen LogP contribution in [0.2, 0.25) is 0 Å². The molecule has 1 heterocycles. The number of esters is 1. The molecule has 0 unspecified atom stereocenters. The number of carbonyl (C=O) groups is 1. The Hall–Kier alpha value is -2.02. The fourth-order valence-electron chi connectivity index (χ4n) is 2.08. The molecule has 21 heavy (non-hydrogen) atoms. The number of carbonyl (C=O) groups excluding carboxylic acids is 1. The second-order valence-corrected chi connectivity index (χ2v) is 5.22. The molecular weight excluding hydrogens is 338 g/mol. The quantitative estimate of drug-likeness (QED) is 0.854. The number of halogens is 1. The largest absolute Gasteiger partial charge is 0.496 e. The third-order valence-corrected chi connectivity index (χ3v) is 3.46. The monoisotopic (exact) mass is 353 g/mol. The van der Waals surface area contributed by atoms with Crippen LogP contribution in [-0.2, 0) is 11.8 Å². The minimum Gasteiger partial charge on any atom is -0.496 e. The highest BCUT2D eigenvalue weighted by Gasteiger charge is 2.23. The number of hydrogen-bond donors (Lipinski definition) is 1. The number of hydrogen-bond acceptors (Lipinski definition) is 5. The van der Waals surface area contributed by atoms with Crippen LogP contribution in [0.5, 0.6) is 5.75 Å². The molecule has 0 aliphatic heterocycles. The van der Waals surface area contributed by atoms with Gasteiger partial charge in [0, 0.05) is 17.1 Å². The first-order chi connectivity index (χ1) is 9.99. The fourth-order valence-corrected chi connectivity index (χ4v) is 2.44. The number of aromatic nitrogens is 2. The van der Waals surface area contributed by atoms with E-state index in [1.807, 2.05) is 18.2 Å². The number of aryl methyl sites for hydroxylation is 1. The van der Waals surface area contributed by atoms with E-state index in [0.717, 1.165) is 10.0 Å². The van der Waals surface area contributed by atoms with Crippen molar-refractivity contribution in [2.24, 2.45) is 7.05 Å². The lowest BCUT2D eigenvalue weighted by Gasteiger charge is -2.10. The fraction of sp³-hybridized carbons (Fsp3) is 0.286. The maximum atomic E-state index is 11.9. The summed E-state index contributed by atoms with van der Waals surface area (Å²) in [4.78, 5) is 11.9. The Labute approximate surface area is 131 Å². The van der Waals surface area contributed by atoms with Crippen LogP contribution in [0.4, 0.5) is 5.69 Å². The molecular formula is C14H16BrN3O3. The van der Waals surface area contributed by atoms with E-state index in [-0.39, 0.29) is 18.0 Å². The van der Waals surface area contributed by atoms with E-state index in [2.05, 4.69) is 21.0 Å². The third-order valence-electron chi connectivity index (χ3n) is 2.97. The lowest BCUT2D eigenvalue weighted by molar-refractivity contribution is 0.0520. The van der Waals surface area contributed by atoms with Gasteiger partial charge in [-0.2, -0.15) is 5.10 Å². The van der Waals surface area contributed by atoms with Gasteiger partial charge in [0.2, 0.25) is 0 Å². The summed E-state index contributed by atoms with van der Waals surface area (Å²) in [6.45, 7) is 2.00. The second-order valence-electron chi connectivity index (χ2n) is 4.30. The minimum absolute atomic E-state index is 0.108. The standard InChI is InChI=1S/C14H16BrN3O3/c1-4-21-14(19)12-11(16)13(18(2)17-12)9-7-8(15)5-6-10(9)20-3/h5-7H,4,16H2,1-3H3. The molecule has 0 amide bonds. The van der Waals surface area contributed by atoms with Crippen LogP contribution in [0.3, 0.4) is 0 Å². The van der Waals surface area contributed by atoms with Gasteiger partial charge in [0.25, 0.3) is 0 Å². The van der Waals surface area contributed by atoms with Gasteiger partial charge in [-0.25, -0.2) is 4.79 Å². The third kappa shape index (κ3) is 2.87. The molecule has 2 rings (SSSR count). The molecule has 0 saturated heterocycles. The van der Waals surface area contributed by atoms with Crippen molar-refractivity contribution < 1.29 is 14.3 Å². The van der Waals surface area contributed by atoms with E-state index < -0.39 is 5.97 Å². The van der Waals surface area contributed by atoms with Gasteiger partial charge in [0.05, 0.1) is 25.1 Å². The molecule has 6 nitrogen and oxygen atoms in total. The average molecular weight is 354 g/mol. The van der Waals surface area contributed by atoms with Crippen LogP contribution in [-0.4, -0.2) is 29.5 Å². The van der Waals surface area contributed by atoms with E-state index >= 15 is 0 Å². The highest BCUT2D eigenvalue weighted by atomic mass is 79.9. The number of ether oxygens (including phenoxy) is 2. The Morgan fingerprint density at radius 3 is 2.81 bits per heavy atom. The Morgan fingerprint density at radius 2 is 2.19 bits per heavy atom. The maximum absolute atomic E-state index is 11.9. The highest BCUT2D eigenvalue weighted by Crippen LogP contribution is 2.37. The molecule has 2 aromatic rings. The number of rotatable bonds is 4. The molecule has 7 heteroatoms. The molecule has 1 aromatic carbocycles. The molecule has 0 radical (unpaired) electrons. The van der Waals surface area contributed by atoms with Gasteiger partial charge >= 0.3 is 5.97 Å². The first kappa shape index (κ1) is 15.4. The average Bonchev–Trinajstić information content (AvgIpc) is 2.74. The molecule has 1 aromatic heterocycles. The highest BCUT2D eigenvalue weighted by molar-refractivity contribution is 9.10. The summed E-state index contributed by atoms with van der Waals surface area (Å²) in [7, 11) is 3.29. The topological polar surface area (TPSA) is 79.4 Å². The Kier molecular flexibility index (Phi) is 4.52. The lowest BCUT2D eigenvalue weighted by atomic mass is 10.1. The van der Waals surface area contributed by atoms with Crippen LogP contribution >= 0.6 is 15.9 Å². The lowest BCUT2D eigenvalue weighted by Crippen LogP contribution is -2.08. The normalized spacial score (nSPS) is 10.5. The van der Waals surface area contributed by atoms with Crippen molar-refractivity contribution in [2.75, 3.05) is 19.5 Å². The van der Waals surface area contributed by atoms with Gasteiger partial charge in [-0.3, -0.25) is 4.68 Å². The number of nitrogen functional groups attached to an aromatic ring is 1. The summed E-state index contributed by atoms with van der Waals surface area (Å²) < 4.78 is 12.7. The van der Waals surface area contributed by atoms with Gasteiger partial charge in [0.1, 0.15) is 5.75 Å². The predicted octanol–water partition coefficient (Wildman–Crippen LogP) is 2.62. The molecule has 0 spiro atoms. The van der Waals surface area contributed by atoms with Crippen molar-refractivity contribution in [2.45, 2.75) is 6.92 Å². The van der Waals surface area contributed by atoms with Crippen molar-refractivity contribution in [1.82, 2.24) is 9.78 Å². The van der Waals surface area contributed by atoms with Crippen LogP contribution in [0.1, 0.15) is 17.4 Å². The number of benzene rings is 1. The summed E-state index contributed by atoms with van der Waals surface area (Å²) in [5.74, 6) is 0.106. The first-order valence-corrected chi connectivity index (χ1v) is 7.12. The molecule has 0 aliphatic rings. The zero-order valence-electron chi connectivity index (χ0n) is 12.0. The second kappa shape index (κ2) is 6.17. The smallest absolute Gasteiger partial charge is 0.361 e. The van der Waals surface area contributed by atoms with Crippen LogP contribution in [0.25, 0.3) is 11.3 Å². The SMILES string of the molecule is CCOC(=O)c1nn(C)c(-c2cc(Br)ccc2OC)c1N. The van der Waals surface area contributed by atoms with Crippen molar-refractivity contribution >= 4 is 27.6 Å². The summed E-state index contributed by atoms with van der Waals surface area (Å²) in [5, 5.41) is 4.16. The Balaban J connectivity index is 2.60. The van der Waals surface area contributed by atoms with Crippen LogP contribution in [0.15, 0.2) is 22.7 Å². The summed E-state index contributed by atoms with van der Waals surface area (Å²) in [6.07, 6.45) is 0. The van der Waals surface area contributed by atoms with Gasteiger partial charge in [0.15, 0.2) is 5.69 Å². The van der Waals surface area contributed by atoms with Crippen molar-refractivity contribution in [1.29, 1.82) is 0 Å². The molecule has 0 saturated carbocycles.